The molecule has 5 heteroatoms. The summed E-state index contributed by atoms with van der Waals surface area (Å²) in [5, 5.41) is 6.92. The molecular weight excluding hydrogens is 190 g/mol. The molecule has 1 saturated heterocycles. The Morgan fingerprint density at radius 2 is 2.27 bits per heavy atom. The second kappa shape index (κ2) is 7.29. The zero-order chi connectivity index (χ0) is 10.9. The average molecular weight is 209 g/mol. The summed E-state index contributed by atoms with van der Waals surface area (Å²) in [5.74, 6) is 0. The Bertz CT molecular complexity index is 249. The Hall–Kier alpha value is -1.03. The van der Waals surface area contributed by atoms with E-state index >= 15 is 0 Å². The average Bonchev–Trinajstić information content (AvgIpc) is 2.31. The number of hydrogen-bond donors (Lipinski definition) is 1. The van der Waals surface area contributed by atoms with Gasteiger partial charge in [0.2, 0.25) is 0 Å². The van der Waals surface area contributed by atoms with Crippen LogP contribution in [0.2, 0.25) is 0 Å². The van der Waals surface area contributed by atoms with E-state index in [1.54, 1.807) is 0 Å². The largest absolute Gasteiger partial charge is 0.314 e. The van der Waals surface area contributed by atoms with E-state index in [1.165, 1.54) is 5.57 Å². The van der Waals surface area contributed by atoms with Gasteiger partial charge < -0.3 is 10.2 Å². The zero-order valence-electron chi connectivity index (χ0n) is 9.32. The molecule has 5 nitrogen and oxygen atoms in total. The van der Waals surface area contributed by atoms with Crippen LogP contribution in [0, 0.1) is 0 Å². The van der Waals surface area contributed by atoms with Crippen molar-refractivity contribution in [1.82, 2.24) is 10.2 Å². The van der Waals surface area contributed by atoms with Gasteiger partial charge in [0.25, 0.3) is 0 Å². The van der Waals surface area contributed by atoms with Crippen LogP contribution in [0.25, 0.3) is 10.4 Å². The smallest absolute Gasteiger partial charge is 0.0470 e. The summed E-state index contributed by atoms with van der Waals surface area (Å²) < 4.78 is 0. The molecule has 84 valence electrons. The van der Waals surface area contributed by atoms with Gasteiger partial charge in [-0.15, -0.1) is 0 Å². The van der Waals surface area contributed by atoms with Crippen molar-refractivity contribution in [1.29, 1.82) is 0 Å². The number of hydrogen-bond acceptors (Lipinski definition) is 3. The van der Waals surface area contributed by atoms with Crippen LogP contribution < -0.4 is 5.32 Å². The van der Waals surface area contributed by atoms with Crippen molar-refractivity contribution in [3.8, 4) is 0 Å². The highest BCUT2D eigenvalue weighted by atomic mass is 15.2. The first-order valence-corrected chi connectivity index (χ1v) is 5.45. The third-order valence-electron chi connectivity index (χ3n) is 2.70. The minimum absolute atomic E-state index is 0.513. The van der Waals surface area contributed by atoms with Gasteiger partial charge in [-0.3, -0.25) is 0 Å². The summed E-state index contributed by atoms with van der Waals surface area (Å²) in [7, 11) is 0. The van der Waals surface area contributed by atoms with Crippen molar-refractivity contribution in [2.45, 2.75) is 13.3 Å². The van der Waals surface area contributed by atoms with Crippen LogP contribution in [0.4, 0.5) is 0 Å². The number of nitrogens with one attached hydrogen (secondary N) is 1. The molecule has 1 aliphatic heterocycles. The van der Waals surface area contributed by atoms with Gasteiger partial charge in [-0.2, -0.15) is 0 Å². The highest BCUT2D eigenvalue weighted by molar-refractivity contribution is 5.03. The van der Waals surface area contributed by atoms with Gasteiger partial charge in [0.05, 0.1) is 0 Å². The van der Waals surface area contributed by atoms with Gasteiger partial charge in [0.15, 0.2) is 0 Å². The molecule has 0 atom stereocenters. The summed E-state index contributed by atoms with van der Waals surface area (Å²) in [5.41, 5.74) is 9.47. The van der Waals surface area contributed by atoms with Gasteiger partial charge in [-0.05, 0) is 18.9 Å². The van der Waals surface area contributed by atoms with Gasteiger partial charge in [0.1, 0.15) is 0 Å². The maximum atomic E-state index is 8.24. The Labute approximate surface area is 90.8 Å². The van der Waals surface area contributed by atoms with Crippen LogP contribution in [0.5, 0.6) is 0 Å². The van der Waals surface area contributed by atoms with Crippen LogP contribution in [0.3, 0.4) is 0 Å². The molecule has 0 spiro atoms. The minimum atomic E-state index is 0.513. The van der Waals surface area contributed by atoms with Crippen LogP contribution in [-0.2, 0) is 0 Å². The summed E-state index contributed by atoms with van der Waals surface area (Å²) in [6, 6.07) is 0. The minimum Gasteiger partial charge on any atom is -0.314 e. The lowest BCUT2D eigenvalue weighted by molar-refractivity contribution is 0.243. The first-order valence-electron chi connectivity index (χ1n) is 5.45. The highest BCUT2D eigenvalue weighted by Gasteiger charge is 2.08. The molecule has 0 unspecified atom stereocenters. The molecule has 1 fully saturated rings. The van der Waals surface area contributed by atoms with E-state index in [0.717, 1.165) is 39.1 Å². The molecule has 1 aliphatic rings. The summed E-state index contributed by atoms with van der Waals surface area (Å²) in [6.45, 7) is 8.00. The second-order valence-corrected chi connectivity index (χ2v) is 3.68. The van der Waals surface area contributed by atoms with Crippen LogP contribution in [0.15, 0.2) is 16.8 Å². The third kappa shape index (κ3) is 4.83. The zero-order valence-corrected chi connectivity index (χ0v) is 9.32. The molecule has 1 rings (SSSR count). The van der Waals surface area contributed by atoms with E-state index in [9.17, 15) is 0 Å². The Kier molecular flexibility index (Phi) is 5.85. The summed E-state index contributed by atoms with van der Waals surface area (Å²) in [6.07, 6.45) is 3.06. The molecule has 0 aromatic carbocycles. The molecule has 15 heavy (non-hydrogen) atoms. The predicted molar refractivity (Wildman–Crippen MR) is 61.7 cm³/mol. The Morgan fingerprint density at radius 3 is 2.87 bits per heavy atom. The molecule has 0 radical (unpaired) electrons. The monoisotopic (exact) mass is 209 g/mol. The molecule has 0 aromatic heterocycles. The SMILES string of the molecule is CC=C(CCN1CCNCC1)CN=[N+]=[N-]. The number of piperazine rings is 1. The van der Waals surface area contributed by atoms with Crippen LogP contribution in [0.1, 0.15) is 13.3 Å². The first kappa shape index (κ1) is 12.0. The van der Waals surface area contributed by atoms with E-state index in [4.69, 9.17) is 5.53 Å². The molecule has 0 aromatic rings. The molecular formula is C10H19N5. The maximum absolute atomic E-state index is 8.24. The molecule has 0 saturated carbocycles. The lowest BCUT2D eigenvalue weighted by Gasteiger charge is -2.27. The number of rotatable bonds is 5. The van der Waals surface area contributed by atoms with E-state index in [0.29, 0.717) is 6.54 Å². The lowest BCUT2D eigenvalue weighted by atomic mass is 10.1. The fourth-order valence-electron chi connectivity index (χ4n) is 1.67. The normalized spacial score (nSPS) is 18.6. The van der Waals surface area contributed by atoms with E-state index in [1.807, 2.05) is 6.92 Å². The van der Waals surface area contributed by atoms with E-state index < -0.39 is 0 Å². The van der Waals surface area contributed by atoms with Gasteiger partial charge in [-0.1, -0.05) is 16.8 Å². The van der Waals surface area contributed by atoms with E-state index in [-0.39, 0.29) is 0 Å². The third-order valence-corrected chi connectivity index (χ3v) is 2.70. The molecule has 0 bridgehead atoms. The molecule has 0 amide bonds. The predicted octanol–water partition coefficient (Wildman–Crippen LogP) is 1.54. The van der Waals surface area contributed by atoms with Crippen molar-refractivity contribution >= 4 is 0 Å². The Morgan fingerprint density at radius 1 is 1.53 bits per heavy atom. The van der Waals surface area contributed by atoms with E-state index in [2.05, 4.69) is 26.3 Å². The summed E-state index contributed by atoms with van der Waals surface area (Å²) in [4.78, 5) is 5.22. The number of azide groups is 1. The molecule has 1 heterocycles. The topological polar surface area (TPSA) is 64.0 Å². The van der Waals surface area contributed by atoms with Gasteiger partial charge in [-0.25, -0.2) is 0 Å². The van der Waals surface area contributed by atoms with Gasteiger partial charge in [0, 0.05) is 44.2 Å². The van der Waals surface area contributed by atoms with Crippen molar-refractivity contribution in [3.05, 3.63) is 22.1 Å². The van der Waals surface area contributed by atoms with Crippen molar-refractivity contribution < 1.29 is 0 Å². The van der Waals surface area contributed by atoms with Gasteiger partial charge >= 0.3 is 0 Å². The standard InChI is InChI=1S/C10H19N5/c1-2-10(9-13-14-11)3-6-15-7-4-12-5-8-15/h2,12H,3-9H2,1H3. The first-order chi connectivity index (χ1) is 7.36. The summed E-state index contributed by atoms with van der Waals surface area (Å²) >= 11 is 0. The van der Waals surface area contributed by atoms with Crippen LogP contribution in [-0.4, -0.2) is 44.2 Å². The van der Waals surface area contributed by atoms with Crippen molar-refractivity contribution in [3.63, 3.8) is 0 Å². The Balaban J connectivity index is 2.23. The fraction of sp³-hybridized carbons (Fsp3) is 0.800. The van der Waals surface area contributed by atoms with Crippen molar-refractivity contribution in [2.24, 2.45) is 5.11 Å². The number of allylic oxidation sites excluding steroid dienone is 1. The second-order valence-electron chi connectivity index (χ2n) is 3.68. The highest BCUT2D eigenvalue weighted by Crippen LogP contribution is 2.05. The fourth-order valence-corrected chi connectivity index (χ4v) is 1.67. The molecule has 1 N–H and O–H groups in total. The number of nitrogens with zero attached hydrogens (tertiary/aromatic N) is 4. The lowest BCUT2D eigenvalue weighted by Crippen LogP contribution is -2.43. The quantitative estimate of drug-likeness (QED) is 0.323. The molecule has 0 aliphatic carbocycles. The van der Waals surface area contributed by atoms with Crippen LogP contribution >= 0.6 is 0 Å². The van der Waals surface area contributed by atoms with Crippen molar-refractivity contribution in [2.75, 3.05) is 39.3 Å². The maximum Gasteiger partial charge on any atom is 0.0470 e.